The molecule has 2 aromatic carbocycles. The first kappa shape index (κ1) is 23.9. The lowest BCUT2D eigenvalue weighted by Crippen LogP contribution is -2.13. The molecule has 180 valence electrons. The fourth-order valence-corrected chi connectivity index (χ4v) is 4.80. The van der Waals surface area contributed by atoms with Crippen LogP contribution in [0.25, 0.3) is 0 Å². The molecule has 0 saturated carbocycles. The van der Waals surface area contributed by atoms with Crippen LogP contribution in [0, 0.1) is 17.0 Å². The van der Waals surface area contributed by atoms with Crippen molar-refractivity contribution in [1.82, 2.24) is 4.98 Å². The number of sulfonamides is 1. The number of nitro groups is 1. The number of amides is 1. The van der Waals surface area contributed by atoms with Gasteiger partial charge in [0.1, 0.15) is 18.1 Å². The molecular weight excluding hydrogens is 496 g/mol. The van der Waals surface area contributed by atoms with Gasteiger partial charge in [-0.1, -0.05) is 0 Å². The van der Waals surface area contributed by atoms with Crippen molar-refractivity contribution in [1.29, 1.82) is 0 Å². The first-order valence-electron chi connectivity index (χ1n) is 10.0. The van der Waals surface area contributed by atoms with Crippen LogP contribution in [-0.4, -0.2) is 24.2 Å². The molecule has 35 heavy (non-hydrogen) atoms. The fourth-order valence-electron chi connectivity index (χ4n) is 3.01. The van der Waals surface area contributed by atoms with Crippen LogP contribution >= 0.6 is 11.3 Å². The number of furan rings is 1. The standard InChI is InChI=1S/C22H18N4O7S2/c1-14-12-16(4-8-19(14)26(28)29)32-13-17-5-9-20(33-17)21(27)24-15-2-6-18(7-3-15)35(30,31)25-22-23-10-11-34-22/h2-12H,13H2,1H3,(H,23,25)(H,24,27). The Balaban J connectivity index is 1.35. The van der Waals surface area contributed by atoms with Crippen molar-refractivity contribution < 1.29 is 27.3 Å². The van der Waals surface area contributed by atoms with E-state index in [1.165, 1.54) is 48.7 Å². The van der Waals surface area contributed by atoms with Crippen LogP contribution in [0.3, 0.4) is 0 Å². The molecule has 4 aromatic rings. The summed E-state index contributed by atoms with van der Waals surface area (Å²) in [7, 11) is -3.80. The summed E-state index contributed by atoms with van der Waals surface area (Å²) in [5.41, 5.74) is 0.833. The highest BCUT2D eigenvalue weighted by Crippen LogP contribution is 2.24. The van der Waals surface area contributed by atoms with Crippen LogP contribution in [0.2, 0.25) is 0 Å². The van der Waals surface area contributed by atoms with Gasteiger partial charge < -0.3 is 14.5 Å². The number of carbonyl (C=O) groups is 1. The third-order valence-corrected chi connectivity index (χ3v) is 6.88. The van der Waals surface area contributed by atoms with Crippen LogP contribution in [0.1, 0.15) is 21.9 Å². The smallest absolute Gasteiger partial charge is 0.291 e. The molecule has 11 nitrogen and oxygen atoms in total. The lowest BCUT2D eigenvalue weighted by Gasteiger charge is -2.07. The number of rotatable bonds is 9. The highest BCUT2D eigenvalue weighted by Gasteiger charge is 2.17. The van der Waals surface area contributed by atoms with E-state index in [4.69, 9.17) is 9.15 Å². The summed E-state index contributed by atoms with van der Waals surface area (Å²) >= 11 is 1.16. The molecular formula is C22H18N4O7S2. The molecule has 2 aromatic heterocycles. The Morgan fingerprint density at radius 1 is 1.17 bits per heavy atom. The fraction of sp³-hybridized carbons (Fsp3) is 0.0909. The summed E-state index contributed by atoms with van der Waals surface area (Å²) in [6, 6.07) is 13.1. The number of thiazole rings is 1. The summed E-state index contributed by atoms with van der Waals surface area (Å²) < 4.78 is 38.3. The highest BCUT2D eigenvalue weighted by molar-refractivity contribution is 7.93. The molecule has 13 heteroatoms. The molecule has 0 aliphatic carbocycles. The molecule has 1 amide bonds. The van der Waals surface area contributed by atoms with E-state index in [9.17, 15) is 23.3 Å². The number of benzene rings is 2. The van der Waals surface area contributed by atoms with Crippen LogP contribution in [0.5, 0.6) is 5.75 Å². The first-order chi connectivity index (χ1) is 16.7. The van der Waals surface area contributed by atoms with E-state index in [-0.39, 0.29) is 28.1 Å². The van der Waals surface area contributed by atoms with Gasteiger partial charge in [0.15, 0.2) is 10.9 Å². The third kappa shape index (κ3) is 5.83. The Morgan fingerprint density at radius 2 is 1.94 bits per heavy atom. The van der Waals surface area contributed by atoms with Gasteiger partial charge in [0, 0.05) is 28.9 Å². The maximum Gasteiger partial charge on any atom is 0.291 e. The second-order valence-corrected chi connectivity index (χ2v) is 9.76. The van der Waals surface area contributed by atoms with Gasteiger partial charge in [0.2, 0.25) is 0 Å². The van der Waals surface area contributed by atoms with E-state index >= 15 is 0 Å². The van der Waals surface area contributed by atoms with E-state index in [0.29, 0.717) is 22.8 Å². The van der Waals surface area contributed by atoms with Crippen LogP contribution in [0.15, 0.2) is 75.5 Å². The summed E-state index contributed by atoms with van der Waals surface area (Å²) in [5, 5.41) is 15.4. The minimum atomic E-state index is -3.80. The Bertz CT molecular complexity index is 1460. The van der Waals surface area contributed by atoms with Crippen molar-refractivity contribution in [3.05, 3.63) is 93.4 Å². The van der Waals surface area contributed by atoms with Crippen molar-refractivity contribution in [2.24, 2.45) is 0 Å². The quantitative estimate of drug-likeness (QED) is 0.243. The van der Waals surface area contributed by atoms with Gasteiger partial charge in [-0.05, 0) is 55.5 Å². The monoisotopic (exact) mass is 514 g/mol. The average Bonchev–Trinajstić information content (AvgIpc) is 3.50. The molecule has 4 rings (SSSR count). The lowest BCUT2D eigenvalue weighted by atomic mass is 10.2. The zero-order valence-electron chi connectivity index (χ0n) is 18.1. The minimum Gasteiger partial charge on any atom is -0.486 e. The van der Waals surface area contributed by atoms with E-state index in [2.05, 4.69) is 15.0 Å². The second-order valence-electron chi connectivity index (χ2n) is 7.18. The predicted octanol–water partition coefficient (Wildman–Crippen LogP) is 4.58. The van der Waals surface area contributed by atoms with E-state index < -0.39 is 20.9 Å². The molecule has 0 radical (unpaired) electrons. The number of anilines is 2. The van der Waals surface area contributed by atoms with Gasteiger partial charge in [-0.3, -0.25) is 19.6 Å². The van der Waals surface area contributed by atoms with Gasteiger partial charge in [-0.15, -0.1) is 11.3 Å². The lowest BCUT2D eigenvalue weighted by molar-refractivity contribution is -0.385. The van der Waals surface area contributed by atoms with Crippen molar-refractivity contribution in [2.75, 3.05) is 10.0 Å². The highest BCUT2D eigenvalue weighted by atomic mass is 32.2. The van der Waals surface area contributed by atoms with Gasteiger partial charge in [0.25, 0.3) is 21.6 Å². The Morgan fingerprint density at radius 3 is 2.60 bits per heavy atom. The predicted molar refractivity (Wildman–Crippen MR) is 128 cm³/mol. The Hall–Kier alpha value is -4.23. The van der Waals surface area contributed by atoms with Crippen LogP contribution in [-0.2, 0) is 16.6 Å². The van der Waals surface area contributed by atoms with E-state index in [1.807, 2.05) is 0 Å². The molecule has 0 unspecified atom stereocenters. The SMILES string of the molecule is Cc1cc(OCc2ccc(C(=O)Nc3ccc(S(=O)(=O)Nc4nccs4)cc3)o2)ccc1[N+](=O)[O-]. The van der Waals surface area contributed by atoms with Crippen molar-refractivity contribution >= 4 is 43.8 Å². The topological polar surface area (TPSA) is 154 Å². The minimum absolute atomic E-state index is 0.00396. The molecule has 0 aliphatic rings. The molecule has 0 saturated heterocycles. The van der Waals surface area contributed by atoms with Crippen LogP contribution in [0.4, 0.5) is 16.5 Å². The van der Waals surface area contributed by atoms with Crippen molar-refractivity contribution in [2.45, 2.75) is 18.4 Å². The average molecular weight is 515 g/mol. The molecule has 2 heterocycles. The number of carbonyl (C=O) groups excluding carboxylic acids is 1. The van der Waals surface area contributed by atoms with Gasteiger partial charge in [0.05, 0.1) is 9.82 Å². The van der Waals surface area contributed by atoms with E-state index in [1.54, 1.807) is 24.4 Å². The third-order valence-electron chi connectivity index (χ3n) is 4.71. The second kappa shape index (κ2) is 9.95. The molecule has 0 bridgehead atoms. The summed E-state index contributed by atoms with van der Waals surface area (Å²) in [6.07, 6.45) is 1.49. The normalized spacial score (nSPS) is 11.1. The molecule has 0 aliphatic heterocycles. The largest absolute Gasteiger partial charge is 0.486 e. The first-order valence-corrected chi connectivity index (χ1v) is 12.4. The van der Waals surface area contributed by atoms with Crippen LogP contribution < -0.4 is 14.8 Å². The maximum absolute atomic E-state index is 12.5. The van der Waals surface area contributed by atoms with Gasteiger partial charge in [-0.25, -0.2) is 13.4 Å². The number of nitrogens with zero attached hydrogens (tertiary/aromatic N) is 2. The number of hydrogen-bond donors (Lipinski definition) is 2. The Kier molecular flexibility index (Phi) is 6.80. The number of hydrogen-bond acceptors (Lipinski definition) is 9. The molecule has 0 atom stereocenters. The summed E-state index contributed by atoms with van der Waals surface area (Å²) in [6.45, 7) is 1.63. The zero-order chi connectivity index (χ0) is 25.0. The number of ether oxygens (including phenoxy) is 1. The van der Waals surface area contributed by atoms with Crippen molar-refractivity contribution in [3.63, 3.8) is 0 Å². The zero-order valence-corrected chi connectivity index (χ0v) is 19.8. The molecule has 0 spiro atoms. The summed E-state index contributed by atoms with van der Waals surface area (Å²) in [5.74, 6) is 0.306. The summed E-state index contributed by atoms with van der Waals surface area (Å²) in [4.78, 5) is 26.8. The molecule has 2 N–H and O–H groups in total. The Labute approximate surface area is 203 Å². The van der Waals surface area contributed by atoms with Crippen molar-refractivity contribution in [3.8, 4) is 5.75 Å². The number of nitro benzene ring substituents is 1. The maximum atomic E-state index is 12.5. The van der Waals surface area contributed by atoms with Gasteiger partial charge in [-0.2, -0.15) is 0 Å². The number of nitrogens with one attached hydrogen (secondary N) is 2. The number of aromatic nitrogens is 1. The van der Waals surface area contributed by atoms with Gasteiger partial charge >= 0.3 is 0 Å². The number of aryl methyl sites for hydroxylation is 1. The molecule has 0 fully saturated rings. The van der Waals surface area contributed by atoms with E-state index in [0.717, 1.165) is 11.3 Å².